The summed E-state index contributed by atoms with van der Waals surface area (Å²) < 4.78 is 63.7. The van der Waals surface area contributed by atoms with Crippen LogP contribution < -0.4 is 19.1 Å². The van der Waals surface area contributed by atoms with Crippen molar-refractivity contribution in [3.05, 3.63) is 77.3 Å². The van der Waals surface area contributed by atoms with Gasteiger partial charge in [0.25, 0.3) is 0 Å². The summed E-state index contributed by atoms with van der Waals surface area (Å²) in [4.78, 5) is 13.0. The number of benzene rings is 3. The van der Waals surface area contributed by atoms with Crippen LogP contribution in [0, 0.1) is 11.6 Å². The number of nitrogens with zero attached hydrogens (tertiary/aromatic N) is 1. The Morgan fingerprint density at radius 1 is 1.03 bits per heavy atom. The number of sulfonamides is 1. The lowest BCUT2D eigenvalue weighted by molar-refractivity contribution is -0.116. The molecule has 0 bridgehead atoms. The zero-order chi connectivity index (χ0) is 25.0. The van der Waals surface area contributed by atoms with Crippen molar-refractivity contribution in [2.45, 2.75) is 13.0 Å². The van der Waals surface area contributed by atoms with Crippen molar-refractivity contribution in [3.63, 3.8) is 0 Å². The van der Waals surface area contributed by atoms with E-state index in [0.717, 1.165) is 18.4 Å². The average Bonchev–Trinajstić information content (AvgIpc) is 2.77. The molecular weight excluding hydrogens is 490 g/mol. The molecule has 3 rings (SSSR count). The van der Waals surface area contributed by atoms with Gasteiger partial charge in [0.2, 0.25) is 15.9 Å². The summed E-state index contributed by atoms with van der Waals surface area (Å²) in [5, 5.41) is 2.89. The highest BCUT2D eigenvalue weighted by Crippen LogP contribution is 2.34. The molecule has 3 aromatic carbocycles. The highest BCUT2D eigenvalue weighted by Gasteiger charge is 2.30. The maximum atomic E-state index is 13.8. The molecule has 0 spiro atoms. The predicted molar refractivity (Wildman–Crippen MR) is 126 cm³/mol. The maximum absolute atomic E-state index is 13.8. The van der Waals surface area contributed by atoms with E-state index < -0.39 is 33.6 Å². The lowest BCUT2D eigenvalue weighted by Crippen LogP contribution is -2.45. The molecule has 0 aliphatic carbocycles. The van der Waals surface area contributed by atoms with Crippen LogP contribution in [0.4, 0.5) is 20.2 Å². The number of carbonyl (C=O) groups excluding carboxylic acids is 1. The van der Waals surface area contributed by atoms with Gasteiger partial charge in [-0.2, -0.15) is 0 Å². The van der Waals surface area contributed by atoms with E-state index in [1.165, 1.54) is 26.2 Å². The van der Waals surface area contributed by atoms with Crippen LogP contribution in [0.2, 0.25) is 5.02 Å². The average molecular weight is 511 g/mol. The number of hydrogen-bond acceptors (Lipinski definition) is 5. The van der Waals surface area contributed by atoms with Gasteiger partial charge in [0.1, 0.15) is 17.5 Å². The van der Waals surface area contributed by atoms with Gasteiger partial charge in [0.05, 0.1) is 24.7 Å². The van der Waals surface area contributed by atoms with Crippen LogP contribution in [0.15, 0.2) is 60.7 Å². The van der Waals surface area contributed by atoms with E-state index in [0.29, 0.717) is 26.9 Å². The SMILES string of the molecule is COc1cccc(Oc2ccc(Cl)cc2NC(=O)C(C)N(c2ccc(F)c(F)c2)S(C)(=O)=O)c1. The third-order valence-corrected chi connectivity index (χ3v) is 6.19. The third kappa shape index (κ3) is 5.95. The molecule has 0 aliphatic rings. The summed E-state index contributed by atoms with van der Waals surface area (Å²) in [5.74, 6) is -1.94. The molecule has 0 heterocycles. The number of carbonyl (C=O) groups is 1. The number of halogens is 3. The van der Waals surface area contributed by atoms with E-state index in [-0.39, 0.29) is 17.1 Å². The van der Waals surface area contributed by atoms with Gasteiger partial charge < -0.3 is 14.8 Å². The van der Waals surface area contributed by atoms with Gasteiger partial charge in [-0.1, -0.05) is 17.7 Å². The van der Waals surface area contributed by atoms with Gasteiger partial charge >= 0.3 is 0 Å². The first-order valence-electron chi connectivity index (χ1n) is 9.86. The zero-order valence-corrected chi connectivity index (χ0v) is 20.0. The van der Waals surface area contributed by atoms with E-state index in [1.54, 1.807) is 30.3 Å². The fraction of sp³-hybridized carbons (Fsp3) is 0.174. The topological polar surface area (TPSA) is 84.9 Å². The lowest BCUT2D eigenvalue weighted by Gasteiger charge is -2.28. The Bertz CT molecular complexity index is 1320. The summed E-state index contributed by atoms with van der Waals surface area (Å²) in [6, 6.07) is 12.5. The molecule has 0 fully saturated rings. The van der Waals surface area contributed by atoms with Crippen molar-refractivity contribution >= 4 is 38.9 Å². The predicted octanol–water partition coefficient (Wildman–Crippen LogP) is 5.21. The number of nitrogens with one attached hydrogen (secondary N) is 1. The minimum absolute atomic E-state index is 0.172. The van der Waals surface area contributed by atoms with E-state index in [9.17, 15) is 22.0 Å². The summed E-state index contributed by atoms with van der Waals surface area (Å²) in [6.07, 6.45) is 0.856. The molecule has 3 aromatic rings. The molecule has 0 radical (unpaired) electrons. The monoisotopic (exact) mass is 510 g/mol. The first-order chi connectivity index (χ1) is 16.0. The largest absolute Gasteiger partial charge is 0.497 e. The smallest absolute Gasteiger partial charge is 0.248 e. The Kier molecular flexibility index (Phi) is 7.63. The molecule has 1 unspecified atom stereocenters. The number of anilines is 2. The molecule has 1 atom stereocenters. The highest BCUT2D eigenvalue weighted by atomic mass is 35.5. The zero-order valence-electron chi connectivity index (χ0n) is 18.4. The van der Waals surface area contributed by atoms with E-state index >= 15 is 0 Å². The molecule has 0 saturated heterocycles. The molecule has 0 saturated carbocycles. The van der Waals surface area contributed by atoms with Gasteiger partial charge in [0.15, 0.2) is 17.4 Å². The minimum Gasteiger partial charge on any atom is -0.497 e. The van der Waals surface area contributed by atoms with Crippen LogP contribution in [-0.4, -0.2) is 33.7 Å². The standard InChI is InChI=1S/C23H21ClF2N2O5S/c1-14(28(34(3,30)31)16-8-9-19(25)20(26)12-16)23(29)27-21-11-15(24)7-10-22(21)33-18-6-4-5-17(13-18)32-2/h4-14H,1-3H3,(H,27,29). The summed E-state index contributed by atoms with van der Waals surface area (Å²) in [7, 11) is -2.54. The number of amides is 1. The molecule has 1 N–H and O–H groups in total. The Morgan fingerprint density at radius 3 is 2.38 bits per heavy atom. The van der Waals surface area contributed by atoms with Crippen LogP contribution in [0.3, 0.4) is 0 Å². The van der Waals surface area contributed by atoms with Crippen LogP contribution in [0.25, 0.3) is 0 Å². The van der Waals surface area contributed by atoms with Crippen molar-refractivity contribution in [2.75, 3.05) is 23.0 Å². The number of ether oxygens (including phenoxy) is 2. The third-order valence-electron chi connectivity index (χ3n) is 4.71. The Labute approximate surface area is 200 Å². The molecule has 180 valence electrons. The molecule has 11 heteroatoms. The summed E-state index contributed by atoms with van der Waals surface area (Å²) in [5.41, 5.74) is -0.0334. The summed E-state index contributed by atoms with van der Waals surface area (Å²) in [6.45, 7) is 1.31. The van der Waals surface area contributed by atoms with Gasteiger partial charge in [-0.25, -0.2) is 17.2 Å². The molecule has 0 aliphatic heterocycles. The Morgan fingerprint density at radius 2 is 1.74 bits per heavy atom. The van der Waals surface area contributed by atoms with Crippen LogP contribution in [0.5, 0.6) is 17.2 Å². The fourth-order valence-electron chi connectivity index (χ4n) is 3.15. The maximum Gasteiger partial charge on any atom is 0.248 e. The summed E-state index contributed by atoms with van der Waals surface area (Å²) >= 11 is 6.08. The van der Waals surface area contributed by atoms with Crippen molar-refractivity contribution in [1.82, 2.24) is 0 Å². The Hall–Kier alpha value is -3.37. The van der Waals surface area contributed by atoms with Crippen molar-refractivity contribution in [1.29, 1.82) is 0 Å². The quantitative estimate of drug-likeness (QED) is 0.449. The highest BCUT2D eigenvalue weighted by molar-refractivity contribution is 7.92. The normalized spacial score (nSPS) is 12.1. The van der Waals surface area contributed by atoms with E-state index in [2.05, 4.69) is 5.32 Å². The number of methoxy groups -OCH3 is 1. The van der Waals surface area contributed by atoms with E-state index in [4.69, 9.17) is 21.1 Å². The van der Waals surface area contributed by atoms with Crippen molar-refractivity contribution in [2.24, 2.45) is 0 Å². The minimum atomic E-state index is -4.05. The van der Waals surface area contributed by atoms with E-state index in [1.807, 2.05) is 0 Å². The van der Waals surface area contributed by atoms with Gasteiger partial charge in [-0.15, -0.1) is 0 Å². The molecule has 7 nitrogen and oxygen atoms in total. The lowest BCUT2D eigenvalue weighted by atomic mass is 10.2. The molecule has 34 heavy (non-hydrogen) atoms. The first-order valence-corrected chi connectivity index (χ1v) is 12.1. The van der Waals surface area contributed by atoms with Crippen LogP contribution in [-0.2, 0) is 14.8 Å². The van der Waals surface area contributed by atoms with Crippen LogP contribution in [0.1, 0.15) is 6.92 Å². The first kappa shape index (κ1) is 25.3. The number of rotatable bonds is 8. The second-order valence-corrected chi connectivity index (χ2v) is 9.54. The van der Waals surface area contributed by atoms with Gasteiger partial charge in [-0.05, 0) is 49.4 Å². The number of hydrogen-bond donors (Lipinski definition) is 1. The van der Waals surface area contributed by atoms with Crippen LogP contribution >= 0.6 is 11.6 Å². The second kappa shape index (κ2) is 10.3. The molecular formula is C23H21ClF2N2O5S. The van der Waals surface area contributed by atoms with Gasteiger partial charge in [0, 0.05) is 17.2 Å². The molecule has 1 amide bonds. The Balaban J connectivity index is 1.91. The van der Waals surface area contributed by atoms with Crippen molar-refractivity contribution in [3.8, 4) is 17.2 Å². The molecule has 0 aromatic heterocycles. The van der Waals surface area contributed by atoms with Gasteiger partial charge in [-0.3, -0.25) is 9.10 Å². The fourth-order valence-corrected chi connectivity index (χ4v) is 4.49. The van der Waals surface area contributed by atoms with Crippen molar-refractivity contribution < 1.29 is 31.5 Å². The second-order valence-electron chi connectivity index (χ2n) is 7.24.